The highest BCUT2D eigenvalue weighted by Crippen LogP contribution is 2.38. The molecule has 1 saturated carbocycles. The van der Waals surface area contributed by atoms with Crippen molar-refractivity contribution in [3.05, 3.63) is 23.8 Å². The minimum Gasteiger partial charge on any atom is -0.398 e. The molecule has 4 nitrogen and oxygen atoms in total. The first-order chi connectivity index (χ1) is 7.56. The Labute approximate surface area is 94.5 Å². The largest absolute Gasteiger partial charge is 0.398 e. The normalized spacial score (nSPS) is 16.9. The zero-order valence-corrected chi connectivity index (χ0v) is 9.29. The van der Waals surface area contributed by atoms with Gasteiger partial charge in [0.05, 0.1) is 12.1 Å². The molecule has 0 atom stereocenters. The minimum absolute atomic E-state index is 0.0349. The summed E-state index contributed by atoms with van der Waals surface area (Å²) in [5.74, 6) is -0.0349. The van der Waals surface area contributed by atoms with Crippen LogP contribution >= 0.6 is 0 Å². The monoisotopic (exact) mass is 220 g/mol. The lowest BCUT2D eigenvalue weighted by Gasteiger charge is -2.16. The van der Waals surface area contributed by atoms with Gasteiger partial charge < -0.3 is 16.2 Å². The molecule has 0 radical (unpaired) electrons. The molecule has 0 bridgehead atoms. The van der Waals surface area contributed by atoms with Gasteiger partial charge in [-0.25, -0.2) is 0 Å². The molecule has 0 spiro atoms. The van der Waals surface area contributed by atoms with Crippen LogP contribution in [-0.4, -0.2) is 23.0 Å². The second-order valence-corrected chi connectivity index (χ2v) is 4.42. The van der Waals surface area contributed by atoms with Crippen molar-refractivity contribution in [3.8, 4) is 0 Å². The smallest absolute Gasteiger partial charge is 0.161 e. The summed E-state index contributed by atoms with van der Waals surface area (Å²) in [5.41, 5.74) is 7.49. The van der Waals surface area contributed by atoms with Crippen LogP contribution in [0.4, 0.5) is 11.4 Å². The highest BCUT2D eigenvalue weighted by atomic mass is 16.3. The van der Waals surface area contributed by atoms with Gasteiger partial charge in [0.2, 0.25) is 0 Å². The van der Waals surface area contributed by atoms with Gasteiger partial charge in [0.25, 0.3) is 0 Å². The third-order valence-electron chi connectivity index (χ3n) is 3.00. The number of Topliss-reactive ketones (excluding diaryl/α,β-unsaturated/α-hetero) is 1. The lowest BCUT2D eigenvalue weighted by atomic mass is 10.1. The first-order valence-electron chi connectivity index (χ1n) is 5.36. The van der Waals surface area contributed by atoms with Gasteiger partial charge in [0, 0.05) is 16.9 Å². The predicted octanol–water partition coefficient (Wildman–Crippen LogP) is 1.41. The van der Waals surface area contributed by atoms with Crippen molar-refractivity contribution in [1.82, 2.24) is 0 Å². The topological polar surface area (TPSA) is 75.3 Å². The fourth-order valence-electron chi connectivity index (χ4n) is 1.74. The van der Waals surface area contributed by atoms with E-state index < -0.39 is 0 Å². The Kier molecular flexibility index (Phi) is 2.59. The number of carbonyl (C=O) groups is 1. The van der Waals surface area contributed by atoms with Gasteiger partial charge in [0.1, 0.15) is 0 Å². The molecule has 16 heavy (non-hydrogen) atoms. The number of nitrogens with one attached hydrogen (secondary N) is 1. The number of hydrogen-bond acceptors (Lipinski definition) is 4. The first-order valence-corrected chi connectivity index (χ1v) is 5.36. The van der Waals surface area contributed by atoms with Gasteiger partial charge in [-0.2, -0.15) is 0 Å². The molecule has 1 aliphatic carbocycles. The molecule has 0 aromatic heterocycles. The average Bonchev–Trinajstić information content (AvgIpc) is 2.98. The zero-order valence-electron chi connectivity index (χ0n) is 9.29. The van der Waals surface area contributed by atoms with Crippen LogP contribution < -0.4 is 11.1 Å². The number of carbonyl (C=O) groups excluding carboxylic acids is 1. The number of anilines is 2. The first kappa shape index (κ1) is 11.0. The maximum Gasteiger partial charge on any atom is 0.161 e. The second kappa shape index (κ2) is 3.79. The Morgan fingerprint density at radius 2 is 2.25 bits per heavy atom. The van der Waals surface area contributed by atoms with Gasteiger partial charge in [-0.05, 0) is 38.0 Å². The van der Waals surface area contributed by atoms with Crippen LogP contribution in [0.5, 0.6) is 0 Å². The Hall–Kier alpha value is -1.55. The summed E-state index contributed by atoms with van der Waals surface area (Å²) >= 11 is 0. The molecule has 0 aliphatic heterocycles. The molecule has 1 aliphatic rings. The third-order valence-corrected chi connectivity index (χ3v) is 3.00. The summed E-state index contributed by atoms with van der Waals surface area (Å²) in [6.45, 7) is 1.62. The Morgan fingerprint density at radius 3 is 2.69 bits per heavy atom. The van der Waals surface area contributed by atoms with Crippen molar-refractivity contribution in [1.29, 1.82) is 0 Å². The van der Waals surface area contributed by atoms with Crippen LogP contribution in [0.1, 0.15) is 30.1 Å². The molecule has 0 unspecified atom stereocenters. The van der Waals surface area contributed by atoms with Crippen molar-refractivity contribution >= 4 is 17.2 Å². The Morgan fingerprint density at radius 1 is 1.56 bits per heavy atom. The molecular weight excluding hydrogens is 204 g/mol. The van der Waals surface area contributed by atoms with Crippen molar-refractivity contribution < 1.29 is 9.90 Å². The number of aliphatic hydroxyl groups excluding tert-OH is 1. The average molecular weight is 220 g/mol. The van der Waals surface area contributed by atoms with E-state index in [9.17, 15) is 9.90 Å². The highest BCUT2D eigenvalue weighted by molar-refractivity contribution is 5.99. The molecular formula is C12H16N2O2. The number of nitrogen functional groups attached to an aromatic ring is 1. The highest BCUT2D eigenvalue weighted by Gasteiger charge is 2.41. The van der Waals surface area contributed by atoms with E-state index in [1.165, 1.54) is 6.92 Å². The molecule has 0 amide bonds. The number of benzene rings is 1. The van der Waals surface area contributed by atoms with Gasteiger partial charge in [-0.1, -0.05) is 0 Å². The van der Waals surface area contributed by atoms with E-state index in [0.29, 0.717) is 11.3 Å². The summed E-state index contributed by atoms with van der Waals surface area (Å²) in [6.07, 6.45) is 1.94. The fourth-order valence-corrected chi connectivity index (χ4v) is 1.74. The van der Waals surface area contributed by atoms with Crippen LogP contribution in [0.3, 0.4) is 0 Å². The van der Waals surface area contributed by atoms with Gasteiger partial charge in [-0.15, -0.1) is 0 Å². The maximum atomic E-state index is 11.2. The number of rotatable bonds is 4. The molecule has 1 fully saturated rings. The summed E-state index contributed by atoms with van der Waals surface area (Å²) in [4.78, 5) is 11.2. The summed E-state index contributed by atoms with van der Waals surface area (Å²) in [6, 6.07) is 5.28. The molecule has 86 valence electrons. The van der Waals surface area contributed by atoms with E-state index in [4.69, 9.17) is 5.73 Å². The van der Waals surface area contributed by atoms with E-state index in [1.54, 1.807) is 12.1 Å². The lowest BCUT2D eigenvalue weighted by molar-refractivity contribution is 0.101. The SMILES string of the molecule is CC(=O)c1ccc(NC2(CO)CC2)cc1N. The molecule has 4 N–H and O–H groups in total. The van der Waals surface area contributed by atoms with Gasteiger partial charge in [0.15, 0.2) is 5.78 Å². The van der Waals surface area contributed by atoms with Crippen LogP contribution in [0.25, 0.3) is 0 Å². The minimum atomic E-state index is -0.163. The van der Waals surface area contributed by atoms with E-state index in [-0.39, 0.29) is 17.9 Å². The van der Waals surface area contributed by atoms with Crippen LogP contribution in [0, 0.1) is 0 Å². The van der Waals surface area contributed by atoms with Crippen LogP contribution in [-0.2, 0) is 0 Å². The van der Waals surface area contributed by atoms with Crippen molar-refractivity contribution in [3.63, 3.8) is 0 Å². The maximum absolute atomic E-state index is 11.2. The molecule has 4 heteroatoms. The number of ketones is 1. The summed E-state index contributed by atoms with van der Waals surface area (Å²) < 4.78 is 0. The zero-order chi connectivity index (χ0) is 11.8. The fraction of sp³-hybridized carbons (Fsp3) is 0.417. The van der Waals surface area contributed by atoms with Crippen LogP contribution in [0.15, 0.2) is 18.2 Å². The van der Waals surface area contributed by atoms with Gasteiger partial charge in [-0.3, -0.25) is 4.79 Å². The standard InChI is InChI=1S/C12H16N2O2/c1-8(16)10-3-2-9(6-11(10)13)14-12(7-15)4-5-12/h2-3,6,14-15H,4-5,7,13H2,1H3. The number of nitrogens with two attached hydrogens (primary N) is 1. The van der Waals surface area contributed by atoms with Crippen molar-refractivity contribution in [2.75, 3.05) is 17.7 Å². The molecule has 0 heterocycles. The van der Waals surface area contributed by atoms with E-state index in [2.05, 4.69) is 5.32 Å². The molecule has 1 aromatic rings. The third kappa shape index (κ3) is 2.02. The summed E-state index contributed by atoms with van der Waals surface area (Å²) in [7, 11) is 0. The van der Waals surface area contributed by atoms with Crippen molar-refractivity contribution in [2.24, 2.45) is 0 Å². The molecule has 0 saturated heterocycles. The van der Waals surface area contributed by atoms with Crippen molar-refractivity contribution in [2.45, 2.75) is 25.3 Å². The Balaban J connectivity index is 2.18. The lowest BCUT2D eigenvalue weighted by Crippen LogP contribution is -2.25. The second-order valence-electron chi connectivity index (χ2n) is 4.42. The van der Waals surface area contributed by atoms with E-state index >= 15 is 0 Å². The molecule has 1 aromatic carbocycles. The molecule has 2 rings (SSSR count). The van der Waals surface area contributed by atoms with Gasteiger partial charge >= 0.3 is 0 Å². The van der Waals surface area contributed by atoms with Crippen LogP contribution in [0.2, 0.25) is 0 Å². The predicted molar refractivity (Wildman–Crippen MR) is 63.5 cm³/mol. The summed E-state index contributed by atoms with van der Waals surface area (Å²) in [5, 5.41) is 12.4. The quantitative estimate of drug-likeness (QED) is 0.529. The Bertz CT molecular complexity index is 425. The van der Waals surface area contributed by atoms with E-state index in [0.717, 1.165) is 18.5 Å². The van der Waals surface area contributed by atoms with E-state index in [1.807, 2.05) is 6.07 Å². The number of aliphatic hydroxyl groups is 1. The number of hydrogen-bond donors (Lipinski definition) is 3.